The van der Waals surface area contributed by atoms with Crippen molar-refractivity contribution in [3.63, 3.8) is 0 Å². The highest BCUT2D eigenvalue weighted by atomic mass is 32.2. The Bertz CT molecular complexity index is 519. The Labute approximate surface area is 120 Å². The van der Waals surface area contributed by atoms with Gasteiger partial charge in [0.1, 0.15) is 18.2 Å². The molecule has 20 heavy (non-hydrogen) atoms. The van der Waals surface area contributed by atoms with Gasteiger partial charge in [-0.25, -0.2) is 18.4 Å². The lowest BCUT2D eigenvalue weighted by molar-refractivity contribution is 0.128. The second kappa shape index (κ2) is 8.01. The fourth-order valence-electron chi connectivity index (χ4n) is 1.45. The molecule has 0 saturated carbocycles. The van der Waals surface area contributed by atoms with Crippen LogP contribution in [0.3, 0.4) is 0 Å². The van der Waals surface area contributed by atoms with Gasteiger partial charge in [-0.2, -0.15) is 0 Å². The zero-order chi connectivity index (χ0) is 15.0. The van der Waals surface area contributed by atoms with E-state index in [0.29, 0.717) is 37.2 Å². The normalized spacial score (nSPS) is 11.3. The molecule has 0 aromatic carbocycles. The van der Waals surface area contributed by atoms with Crippen molar-refractivity contribution >= 4 is 21.5 Å². The van der Waals surface area contributed by atoms with Gasteiger partial charge >= 0.3 is 0 Å². The predicted molar refractivity (Wildman–Crippen MR) is 79.7 cm³/mol. The molecule has 0 aliphatic heterocycles. The van der Waals surface area contributed by atoms with E-state index in [0.717, 1.165) is 0 Å². The lowest BCUT2D eigenvalue weighted by Gasteiger charge is -2.10. The van der Waals surface area contributed by atoms with E-state index in [1.54, 1.807) is 20.0 Å². The van der Waals surface area contributed by atoms with Crippen LogP contribution in [0.5, 0.6) is 0 Å². The molecule has 0 aliphatic carbocycles. The Hall–Kier alpha value is -1.41. The highest BCUT2D eigenvalue weighted by Gasteiger charge is 2.08. The summed E-state index contributed by atoms with van der Waals surface area (Å²) in [5.41, 5.74) is 0. The van der Waals surface area contributed by atoms with E-state index < -0.39 is 9.84 Å². The molecule has 0 saturated heterocycles. The van der Waals surface area contributed by atoms with E-state index in [9.17, 15) is 8.42 Å². The first-order chi connectivity index (χ1) is 9.50. The lowest BCUT2D eigenvalue weighted by atomic mass is 10.4. The standard InChI is InChI=1S/C12H22N4O3S/c1-4-19-9-12-15-10(13-3)8-11(16-12)14-6-7-20(17,18)5-2/h8H,4-7,9H2,1-3H3,(H2,13,14,15,16). The van der Waals surface area contributed by atoms with Crippen LogP contribution >= 0.6 is 0 Å². The summed E-state index contributed by atoms with van der Waals surface area (Å²) in [5.74, 6) is 2.04. The summed E-state index contributed by atoms with van der Waals surface area (Å²) in [4.78, 5) is 8.54. The third-order valence-corrected chi connectivity index (χ3v) is 4.33. The van der Waals surface area contributed by atoms with Crippen molar-refractivity contribution in [1.29, 1.82) is 0 Å². The van der Waals surface area contributed by atoms with Crippen LogP contribution in [0.1, 0.15) is 19.7 Å². The molecular weight excluding hydrogens is 280 g/mol. The second-order valence-electron chi connectivity index (χ2n) is 4.10. The lowest BCUT2D eigenvalue weighted by Crippen LogP contribution is -2.18. The van der Waals surface area contributed by atoms with E-state index in [-0.39, 0.29) is 11.5 Å². The number of hydrogen-bond donors (Lipinski definition) is 2. The fourth-order valence-corrected chi connectivity index (χ4v) is 2.15. The molecule has 0 spiro atoms. The molecule has 1 aromatic heterocycles. The van der Waals surface area contributed by atoms with Gasteiger partial charge in [-0.3, -0.25) is 0 Å². The molecule has 0 fully saturated rings. The molecular formula is C12H22N4O3S. The van der Waals surface area contributed by atoms with Crippen LogP contribution < -0.4 is 10.6 Å². The molecule has 0 bridgehead atoms. The monoisotopic (exact) mass is 302 g/mol. The first-order valence-electron chi connectivity index (χ1n) is 6.58. The summed E-state index contributed by atoms with van der Waals surface area (Å²) >= 11 is 0. The average molecular weight is 302 g/mol. The summed E-state index contributed by atoms with van der Waals surface area (Å²) < 4.78 is 28.1. The molecule has 0 amide bonds. The maximum absolute atomic E-state index is 11.4. The molecule has 0 aliphatic rings. The number of nitrogens with zero attached hydrogens (tertiary/aromatic N) is 2. The summed E-state index contributed by atoms with van der Waals surface area (Å²) in [6.45, 7) is 4.78. The van der Waals surface area contributed by atoms with Crippen molar-refractivity contribution < 1.29 is 13.2 Å². The maximum Gasteiger partial charge on any atom is 0.158 e. The summed E-state index contributed by atoms with van der Waals surface area (Å²) in [6.07, 6.45) is 0. The summed E-state index contributed by atoms with van der Waals surface area (Å²) in [6, 6.07) is 1.73. The quantitative estimate of drug-likeness (QED) is 0.700. The van der Waals surface area contributed by atoms with Crippen LogP contribution in [0.2, 0.25) is 0 Å². The second-order valence-corrected chi connectivity index (χ2v) is 6.58. The number of sulfone groups is 1. The summed E-state index contributed by atoms with van der Waals surface area (Å²) in [7, 11) is -1.21. The third-order valence-electron chi connectivity index (χ3n) is 2.62. The van der Waals surface area contributed by atoms with Crippen LogP contribution in [-0.2, 0) is 21.2 Å². The van der Waals surface area contributed by atoms with Crippen LogP contribution in [0.15, 0.2) is 6.07 Å². The van der Waals surface area contributed by atoms with Gasteiger partial charge in [-0.05, 0) is 6.92 Å². The van der Waals surface area contributed by atoms with E-state index in [1.807, 2.05) is 6.92 Å². The van der Waals surface area contributed by atoms with E-state index in [4.69, 9.17) is 4.74 Å². The van der Waals surface area contributed by atoms with Gasteiger partial charge in [-0.1, -0.05) is 6.92 Å². The Balaban J connectivity index is 2.68. The molecule has 114 valence electrons. The number of nitrogens with one attached hydrogen (secondary N) is 2. The van der Waals surface area contributed by atoms with Gasteiger partial charge in [0.25, 0.3) is 0 Å². The average Bonchev–Trinajstić information content (AvgIpc) is 2.44. The Morgan fingerprint density at radius 1 is 1.25 bits per heavy atom. The van der Waals surface area contributed by atoms with Gasteiger partial charge in [-0.15, -0.1) is 0 Å². The smallest absolute Gasteiger partial charge is 0.158 e. The minimum Gasteiger partial charge on any atom is -0.374 e. The Kier molecular flexibility index (Phi) is 6.66. The number of rotatable bonds is 9. The van der Waals surface area contributed by atoms with Gasteiger partial charge in [0.2, 0.25) is 0 Å². The first-order valence-corrected chi connectivity index (χ1v) is 8.40. The van der Waals surface area contributed by atoms with Crippen molar-refractivity contribution in [3.05, 3.63) is 11.9 Å². The molecule has 0 atom stereocenters. The fraction of sp³-hybridized carbons (Fsp3) is 0.667. The number of ether oxygens (including phenoxy) is 1. The molecule has 1 heterocycles. The minimum absolute atomic E-state index is 0.0865. The van der Waals surface area contributed by atoms with Crippen LogP contribution in [0.25, 0.3) is 0 Å². The predicted octanol–water partition coefficient (Wildman–Crippen LogP) is 0.901. The molecule has 1 rings (SSSR count). The number of hydrogen-bond acceptors (Lipinski definition) is 7. The topological polar surface area (TPSA) is 93.2 Å². The van der Waals surface area contributed by atoms with Crippen molar-refractivity contribution in [2.75, 3.05) is 42.3 Å². The molecule has 8 heteroatoms. The SMILES string of the molecule is CCOCc1nc(NC)cc(NCCS(=O)(=O)CC)n1. The number of aromatic nitrogens is 2. The molecule has 2 N–H and O–H groups in total. The zero-order valence-electron chi connectivity index (χ0n) is 12.1. The van der Waals surface area contributed by atoms with Gasteiger partial charge in [0.05, 0.1) is 5.75 Å². The molecule has 0 radical (unpaired) electrons. The van der Waals surface area contributed by atoms with E-state index >= 15 is 0 Å². The van der Waals surface area contributed by atoms with Gasteiger partial charge < -0.3 is 15.4 Å². The van der Waals surface area contributed by atoms with Crippen molar-refractivity contribution in [2.24, 2.45) is 0 Å². The molecule has 1 aromatic rings. The Morgan fingerprint density at radius 3 is 2.55 bits per heavy atom. The Morgan fingerprint density at radius 2 is 1.95 bits per heavy atom. The largest absolute Gasteiger partial charge is 0.374 e. The van der Waals surface area contributed by atoms with Gasteiger partial charge in [0, 0.05) is 32.0 Å². The van der Waals surface area contributed by atoms with Gasteiger partial charge in [0.15, 0.2) is 15.7 Å². The van der Waals surface area contributed by atoms with Crippen molar-refractivity contribution in [2.45, 2.75) is 20.5 Å². The molecule has 7 nitrogen and oxygen atoms in total. The highest BCUT2D eigenvalue weighted by Crippen LogP contribution is 2.11. The third kappa shape index (κ3) is 5.70. The highest BCUT2D eigenvalue weighted by molar-refractivity contribution is 7.91. The zero-order valence-corrected chi connectivity index (χ0v) is 13.0. The number of anilines is 2. The summed E-state index contributed by atoms with van der Waals surface area (Å²) in [5, 5.41) is 5.94. The van der Waals surface area contributed by atoms with Crippen molar-refractivity contribution in [3.8, 4) is 0 Å². The van der Waals surface area contributed by atoms with E-state index in [1.165, 1.54) is 0 Å². The van der Waals surface area contributed by atoms with Crippen LogP contribution in [-0.4, -0.2) is 50.1 Å². The van der Waals surface area contributed by atoms with Crippen LogP contribution in [0, 0.1) is 0 Å². The molecule has 0 unspecified atom stereocenters. The maximum atomic E-state index is 11.4. The van der Waals surface area contributed by atoms with Crippen LogP contribution in [0.4, 0.5) is 11.6 Å². The minimum atomic E-state index is -2.98. The van der Waals surface area contributed by atoms with E-state index in [2.05, 4.69) is 20.6 Å². The van der Waals surface area contributed by atoms with Crippen molar-refractivity contribution in [1.82, 2.24) is 9.97 Å². The first kappa shape index (κ1) is 16.6.